The second-order valence-corrected chi connectivity index (χ2v) is 5.36. The summed E-state index contributed by atoms with van der Waals surface area (Å²) in [5.41, 5.74) is -1.49. The number of non-ortho nitro benzene ring substituents is 1. The molecule has 1 unspecified atom stereocenters. The van der Waals surface area contributed by atoms with Crippen LogP contribution >= 0.6 is 23.2 Å². The summed E-state index contributed by atoms with van der Waals surface area (Å²) < 4.78 is 0. The van der Waals surface area contributed by atoms with Gasteiger partial charge < -0.3 is 10.4 Å². The summed E-state index contributed by atoms with van der Waals surface area (Å²) >= 11 is 11.6. The lowest BCUT2D eigenvalue weighted by atomic mass is 10.0. The predicted molar refractivity (Wildman–Crippen MR) is 76.4 cm³/mol. The molecule has 0 heterocycles. The van der Waals surface area contributed by atoms with E-state index >= 15 is 0 Å². The van der Waals surface area contributed by atoms with E-state index in [-0.39, 0.29) is 27.8 Å². The van der Waals surface area contributed by atoms with Gasteiger partial charge in [-0.1, -0.05) is 30.1 Å². The maximum absolute atomic E-state index is 12.0. The molecule has 1 amide bonds. The van der Waals surface area contributed by atoms with E-state index in [1.54, 1.807) is 13.8 Å². The SMILES string of the molecule is CCC(C)(O)CNC(=O)c1cc([N+](=O)[O-])cc(Cl)c1Cl. The van der Waals surface area contributed by atoms with E-state index in [9.17, 15) is 20.0 Å². The number of hydrogen-bond donors (Lipinski definition) is 2. The number of aliphatic hydroxyl groups is 1. The van der Waals surface area contributed by atoms with Gasteiger partial charge in [0.2, 0.25) is 0 Å². The zero-order valence-corrected chi connectivity index (χ0v) is 12.5. The number of hydrogen-bond acceptors (Lipinski definition) is 4. The molecule has 1 atom stereocenters. The number of carbonyl (C=O) groups is 1. The second-order valence-electron chi connectivity index (χ2n) is 4.58. The average molecular weight is 321 g/mol. The Hall–Kier alpha value is -1.37. The number of amides is 1. The Balaban J connectivity index is 3.01. The van der Waals surface area contributed by atoms with Crippen LogP contribution in [0.3, 0.4) is 0 Å². The maximum Gasteiger partial charge on any atom is 0.271 e. The van der Waals surface area contributed by atoms with Crippen LogP contribution in [0.2, 0.25) is 10.0 Å². The zero-order chi connectivity index (χ0) is 15.5. The third-order valence-electron chi connectivity index (χ3n) is 2.86. The molecule has 110 valence electrons. The van der Waals surface area contributed by atoms with Crippen molar-refractivity contribution in [2.45, 2.75) is 25.9 Å². The fourth-order valence-corrected chi connectivity index (χ4v) is 1.74. The third kappa shape index (κ3) is 4.06. The first-order valence-corrected chi connectivity index (χ1v) is 6.57. The van der Waals surface area contributed by atoms with E-state index in [1.165, 1.54) is 0 Å². The number of halogens is 2. The molecule has 0 fully saturated rings. The van der Waals surface area contributed by atoms with Gasteiger partial charge in [-0.15, -0.1) is 0 Å². The summed E-state index contributed by atoms with van der Waals surface area (Å²) in [6, 6.07) is 2.12. The number of nitrogens with zero attached hydrogens (tertiary/aromatic N) is 1. The molecule has 0 saturated heterocycles. The monoisotopic (exact) mass is 320 g/mol. The van der Waals surface area contributed by atoms with Crippen LogP contribution in [-0.2, 0) is 0 Å². The van der Waals surface area contributed by atoms with Crippen LogP contribution < -0.4 is 5.32 Å². The highest BCUT2D eigenvalue weighted by molar-refractivity contribution is 6.44. The van der Waals surface area contributed by atoms with Crippen molar-refractivity contribution in [1.82, 2.24) is 5.32 Å². The molecule has 20 heavy (non-hydrogen) atoms. The van der Waals surface area contributed by atoms with Crippen molar-refractivity contribution in [3.8, 4) is 0 Å². The van der Waals surface area contributed by atoms with E-state index in [2.05, 4.69) is 5.32 Å². The highest BCUT2D eigenvalue weighted by Crippen LogP contribution is 2.30. The molecule has 8 heteroatoms. The van der Waals surface area contributed by atoms with Crippen molar-refractivity contribution < 1.29 is 14.8 Å². The highest BCUT2D eigenvalue weighted by Gasteiger charge is 2.22. The molecule has 2 N–H and O–H groups in total. The van der Waals surface area contributed by atoms with Gasteiger partial charge >= 0.3 is 0 Å². The van der Waals surface area contributed by atoms with Gasteiger partial charge in [0, 0.05) is 18.7 Å². The van der Waals surface area contributed by atoms with Gasteiger partial charge in [0.25, 0.3) is 11.6 Å². The molecular weight excluding hydrogens is 307 g/mol. The van der Waals surface area contributed by atoms with Gasteiger partial charge in [0.15, 0.2) is 0 Å². The molecule has 0 spiro atoms. The van der Waals surface area contributed by atoms with Crippen molar-refractivity contribution in [1.29, 1.82) is 0 Å². The smallest absolute Gasteiger partial charge is 0.271 e. The first-order chi connectivity index (χ1) is 9.18. The number of nitro benzene ring substituents is 1. The molecule has 0 saturated carbocycles. The normalized spacial score (nSPS) is 13.7. The summed E-state index contributed by atoms with van der Waals surface area (Å²) in [6.45, 7) is 3.33. The number of rotatable bonds is 5. The fraction of sp³-hybridized carbons (Fsp3) is 0.417. The summed E-state index contributed by atoms with van der Waals surface area (Å²) in [7, 11) is 0. The predicted octanol–water partition coefficient (Wildman–Crippen LogP) is 2.79. The quantitative estimate of drug-likeness (QED) is 0.644. The average Bonchev–Trinajstić information content (AvgIpc) is 2.38. The molecule has 6 nitrogen and oxygen atoms in total. The number of carbonyl (C=O) groups excluding carboxylic acids is 1. The summed E-state index contributed by atoms with van der Waals surface area (Å²) in [5, 5.41) is 22.9. The Morgan fingerprint density at radius 1 is 1.50 bits per heavy atom. The lowest BCUT2D eigenvalue weighted by molar-refractivity contribution is -0.384. The minimum atomic E-state index is -1.06. The van der Waals surface area contributed by atoms with Crippen LogP contribution in [-0.4, -0.2) is 28.1 Å². The molecular formula is C12H14Cl2N2O4. The molecule has 1 aromatic carbocycles. The van der Waals surface area contributed by atoms with Crippen LogP contribution in [0.15, 0.2) is 12.1 Å². The lowest BCUT2D eigenvalue weighted by Gasteiger charge is -2.21. The molecule has 0 aliphatic carbocycles. The van der Waals surface area contributed by atoms with Gasteiger partial charge in [-0.3, -0.25) is 14.9 Å². The third-order valence-corrected chi connectivity index (χ3v) is 3.66. The Labute approximate surface area is 125 Å². The second kappa shape index (κ2) is 6.39. The molecule has 1 rings (SSSR count). The molecule has 0 aliphatic rings. The van der Waals surface area contributed by atoms with Gasteiger partial charge in [-0.05, 0) is 13.3 Å². The largest absolute Gasteiger partial charge is 0.388 e. The van der Waals surface area contributed by atoms with Crippen LogP contribution in [0.25, 0.3) is 0 Å². The van der Waals surface area contributed by atoms with Gasteiger partial charge in [-0.25, -0.2) is 0 Å². The summed E-state index contributed by atoms with van der Waals surface area (Å²) in [5.74, 6) is -0.630. The number of benzene rings is 1. The van der Waals surface area contributed by atoms with Gasteiger partial charge in [0.05, 0.1) is 26.1 Å². The van der Waals surface area contributed by atoms with E-state index in [0.717, 1.165) is 12.1 Å². The molecule has 0 aliphatic heterocycles. The van der Waals surface area contributed by atoms with E-state index < -0.39 is 16.4 Å². The molecule has 0 bridgehead atoms. The highest BCUT2D eigenvalue weighted by atomic mass is 35.5. The summed E-state index contributed by atoms with van der Waals surface area (Å²) in [6.07, 6.45) is 0.441. The molecule has 0 radical (unpaired) electrons. The van der Waals surface area contributed by atoms with Crippen molar-refractivity contribution >= 4 is 34.8 Å². The Morgan fingerprint density at radius 2 is 2.10 bits per heavy atom. The van der Waals surface area contributed by atoms with Gasteiger partial charge in [-0.2, -0.15) is 0 Å². The van der Waals surface area contributed by atoms with Crippen molar-refractivity contribution in [2.75, 3.05) is 6.54 Å². The zero-order valence-electron chi connectivity index (χ0n) is 10.9. The van der Waals surface area contributed by atoms with Crippen LogP contribution in [0.1, 0.15) is 30.6 Å². The van der Waals surface area contributed by atoms with E-state index in [1.807, 2.05) is 0 Å². The summed E-state index contributed by atoms with van der Waals surface area (Å²) in [4.78, 5) is 22.0. The van der Waals surface area contributed by atoms with E-state index in [0.29, 0.717) is 6.42 Å². The number of nitro groups is 1. The van der Waals surface area contributed by atoms with Crippen molar-refractivity contribution in [2.24, 2.45) is 0 Å². The van der Waals surface area contributed by atoms with Crippen molar-refractivity contribution in [3.05, 3.63) is 37.9 Å². The Kier molecular flexibility index (Phi) is 5.33. The topological polar surface area (TPSA) is 92.5 Å². The first-order valence-electron chi connectivity index (χ1n) is 5.82. The first kappa shape index (κ1) is 16.7. The maximum atomic E-state index is 12.0. The van der Waals surface area contributed by atoms with Crippen LogP contribution in [0.5, 0.6) is 0 Å². The number of nitrogens with one attached hydrogen (secondary N) is 1. The lowest BCUT2D eigenvalue weighted by Crippen LogP contribution is -2.40. The van der Waals surface area contributed by atoms with Crippen LogP contribution in [0.4, 0.5) is 5.69 Å². The minimum Gasteiger partial charge on any atom is -0.388 e. The minimum absolute atomic E-state index is 0.00102. The van der Waals surface area contributed by atoms with Crippen molar-refractivity contribution in [3.63, 3.8) is 0 Å². The van der Waals surface area contributed by atoms with Crippen LogP contribution in [0, 0.1) is 10.1 Å². The molecule has 0 aromatic heterocycles. The Bertz CT molecular complexity index is 547. The molecule has 1 aromatic rings. The standard InChI is InChI=1S/C12H14Cl2N2O4/c1-3-12(2,18)6-15-11(17)8-4-7(16(19)20)5-9(13)10(8)14/h4-5,18H,3,6H2,1-2H3,(H,15,17). The van der Waals surface area contributed by atoms with E-state index in [4.69, 9.17) is 23.2 Å². The Morgan fingerprint density at radius 3 is 2.60 bits per heavy atom. The van der Waals surface area contributed by atoms with Gasteiger partial charge in [0.1, 0.15) is 0 Å². The fourth-order valence-electron chi connectivity index (χ4n) is 1.34.